The zero-order chi connectivity index (χ0) is 9.84. The minimum absolute atomic E-state index is 0.0346. The summed E-state index contributed by atoms with van der Waals surface area (Å²) in [6, 6.07) is 2.13. The molecule has 0 aliphatic heterocycles. The average molecular weight is 184 g/mol. The fourth-order valence-corrected chi connectivity index (χ4v) is 0.978. The smallest absolute Gasteiger partial charge is 0.217 e. The van der Waals surface area contributed by atoms with E-state index in [4.69, 9.17) is 5.73 Å². The van der Waals surface area contributed by atoms with Crippen molar-refractivity contribution in [3.63, 3.8) is 0 Å². The van der Waals surface area contributed by atoms with Crippen LogP contribution in [-0.2, 0) is 11.2 Å². The molecule has 2 nitrogen and oxygen atoms in total. The molecule has 69 valence electrons. The molecule has 1 rings (SSSR count). The van der Waals surface area contributed by atoms with Crippen molar-refractivity contribution in [2.24, 2.45) is 5.73 Å². The van der Waals surface area contributed by atoms with Gasteiger partial charge in [-0.25, -0.2) is 8.78 Å². The van der Waals surface area contributed by atoms with Gasteiger partial charge in [-0.15, -0.1) is 0 Å². The second-order valence-corrected chi connectivity index (χ2v) is 2.66. The lowest BCUT2D eigenvalue weighted by molar-refractivity contribution is 0.536. The van der Waals surface area contributed by atoms with Gasteiger partial charge in [0.2, 0.25) is 6.29 Å². The molecule has 0 saturated heterocycles. The van der Waals surface area contributed by atoms with Crippen LogP contribution in [0.5, 0.6) is 0 Å². The summed E-state index contributed by atoms with van der Waals surface area (Å²) >= 11 is 0. The van der Waals surface area contributed by atoms with Gasteiger partial charge in [0.25, 0.3) is 0 Å². The number of hydrogen-bond donors (Lipinski definition) is 1. The van der Waals surface area contributed by atoms with Gasteiger partial charge in [0.15, 0.2) is 0 Å². The summed E-state index contributed by atoms with van der Waals surface area (Å²) in [5.74, 6) is -1.11. The molecule has 0 amide bonds. The largest absolute Gasteiger partial charge is 0.321 e. The lowest BCUT2D eigenvalue weighted by Crippen LogP contribution is -2.24. The first-order valence-corrected chi connectivity index (χ1v) is 3.70. The van der Waals surface area contributed by atoms with Gasteiger partial charge in [-0.3, -0.25) is 4.79 Å². The summed E-state index contributed by atoms with van der Waals surface area (Å²) in [6.07, 6.45) is 1.46. The quantitative estimate of drug-likeness (QED) is 0.759. The molecule has 0 fully saturated rings. The maximum atomic E-state index is 12.9. The summed E-state index contributed by atoms with van der Waals surface area (Å²) in [4.78, 5) is 10.0. The monoisotopic (exact) mass is 184 g/mol. The van der Waals surface area contributed by atoms with Crippen LogP contribution < -0.4 is 5.73 Å². The Kier molecular flexibility index (Phi) is 3.08. The van der Waals surface area contributed by atoms with Gasteiger partial charge in [-0.05, 0) is 30.2 Å². The first kappa shape index (κ1) is 9.80. The van der Waals surface area contributed by atoms with E-state index in [1.807, 2.05) is 0 Å². The Bertz CT molecular complexity index is 314. The number of benzene rings is 1. The number of rotatable bonds is 3. The molecule has 0 unspecified atom stereocenters. The molecule has 0 spiro atoms. The van der Waals surface area contributed by atoms with Gasteiger partial charge in [-0.2, -0.15) is 0 Å². The number of halogens is 2. The van der Waals surface area contributed by atoms with E-state index >= 15 is 0 Å². The van der Waals surface area contributed by atoms with Crippen LogP contribution in [-0.4, -0.2) is 12.3 Å². The van der Waals surface area contributed by atoms with E-state index in [0.717, 1.165) is 18.2 Å². The average Bonchev–Trinajstić information content (AvgIpc) is 2.11. The van der Waals surface area contributed by atoms with Crippen molar-refractivity contribution in [2.75, 3.05) is 0 Å². The SMILES string of the molecule is N[C@H]([C]=O)Cc1cc(F)ccc1F. The number of nitrogens with two attached hydrogens (primary N) is 1. The number of carbonyl (C=O) groups excluding carboxylic acids is 1. The molecule has 1 aromatic carbocycles. The summed E-state index contributed by atoms with van der Waals surface area (Å²) < 4.78 is 25.5. The van der Waals surface area contributed by atoms with Crippen molar-refractivity contribution >= 4 is 6.29 Å². The minimum Gasteiger partial charge on any atom is -0.321 e. The molecule has 1 radical (unpaired) electrons. The molecule has 0 aromatic heterocycles. The van der Waals surface area contributed by atoms with E-state index in [-0.39, 0.29) is 12.0 Å². The third-order valence-electron chi connectivity index (χ3n) is 1.60. The Morgan fingerprint density at radius 3 is 2.77 bits per heavy atom. The lowest BCUT2D eigenvalue weighted by atomic mass is 10.1. The maximum Gasteiger partial charge on any atom is 0.217 e. The van der Waals surface area contributed by atoms with Crippen molar-refractivity contribution in [2.45, 2.75) is 12.5 Å². The van der Waals surface area contributed by atoms with Crippen LogP contribution >= 0.6 is 0 Å². The van der Waals surface area contributed by atoms with Crippen LogP contribution in [0.3, 0.4) is 0 Å². The van der Waals surface area contributed by atoms with Crippen LogP contribution in [0, 0.1) is 11.6 Å². The van der Waals surface area contributed by atoms with Crippen molar-refractivity contribution in [1.82, 2.24) is 0 Å². The molecule has 0 heterocycles. The van der Waals surface area contributed by atoms with E-state index in [1.54, 1.807) is 0 Å². The zero-order valence-corrected chi connectivity index (χ0v) is 6.76. The van der Waals surface area contributed by atoms with E-state index in [0.29, 0.717) is 0 Å². The van der Waals surface area contributed by atoms with E-state index in [2.05, 4.69) is 0 Å². The van der Waals surface area contributed by atoms with E-state index in [9.17, 15) is 13.6 Å². The lowest BCUT2D eigenvalue weighted by Gasteiger charge is -2.04. The van der Waals surface area contributed by atoms with E-state index in [1.165, 1.54) is 6.29 Å². The van der Waals surface area contributed by atoms with Gasteiger partial charge in [-0.1, -0.05) is 0 Å². The van der Waals surface area contributed by atoms with Gasteiger partial charge in [0.1, 0.15) is 11.6 Å². The molecular weight excluding hydrogens is 176 g/mol. The molecule has 1 aromatic rings. The topological polar surface area (TPSA) is 43.1 Å². The standard InChI is InChI=1S/C9H8F2NO/c10-7-1-2-9(11)6(3-7)4-8(12)5-13/h1-3,8H,4,12H2/t8-/m0/s1. The molecule has 1 atom stereocenters. The fourth-order valence-electron chi connectivity index (χ4n) is 0.978. The summed E-state index contributed by atoms with van der Waals surface area (Å²) in [6.45, 7) is 0. The number of hydrogen-bond acceptors (Lipinski definition) is 2. The normalized spacial score (nSPS) is 12.5. The van der Waals surface area contributed by atoms with Crippen LogP contribution in [0.25, 0.3) is 0 Å². The Labute approximate surface area is 74.4 Å². The molecule has 0 aliphatic rings. The fraction of sp³-hybridized carbons (Fsp3) is 0.222. The third-order valence-corrected chi connectivity index (χ3v) is 1.60. The predicted molar refractivity (Wildman–Crippen MR) is 43.7 cm³/mol. The molecule has 0 aliphatic carbocycles. The van der Waals surface area contributed by atoms with Crippen molar-refractivity contribution in [1.29, 1.82) is 0 Å². The maximum absolute atomic E-state index is 12.9. The van der Waals surface area contributed by atoms with Crippen molar-refractivity contribution < 1.29 is 13.6 Å². The Morgan fingerprint density at radius 1 is 1.46 bits per heavy atom. The van der Waals surface area contributed by atoms with Crippen molar-refractivity contribution in [3.05, 3.63) is 35.4 Å². The second-order valence-electron chi connectivity index (χ2n) is 2.66. The highest BCUT2D eigenvalue weighted by molar-refractivity contribution is 5.58. The van der Waals surface area contributed by atoms with Gasteiger partial charge >= 0.3 is 0 Å². The van der Waals surface area contributed by atoms with Crippen LogP contribution in [0.1, 0.15) is 5.56 Å². The molecule has 4 heteroatoms. The van der Waals surface area contributed by atoms with Gasteiger partial charge in [0.05, 0.1) is 6.04 Å². The van der Waals surface area contributed by atoms with Gasteiger partial charge in [0, 0.05) is 0 Å². The summed E-state index contributed by atoms with van der Waals surface area (Å²) in [7, 11) is 0. The highest BCUT2D eigenvalue weighted by atomic mass is 19.1. The molecule has 0 saturated carbocycles. The molecular formula is C9H8F2NO. The minimum atomic E-state index is -0.906. The Hall–Kier alpha value is -1.29. The Balaban J connectivity index is 2.86. The van der Waals surface area contributed by atoms with Crippen LogP contribution in [0.4, 0.5) is 8.78 Å². The van der Waals surface area contributed by atoms with Crippen molar-refractivity contribution in [3.8, 4) is 0 Å². The summed E-state index contributed by atoms with van der Waals surface area (Å²) in [5.41, 5.74) is 5.30. The van der Waals surface area contributed by atoms with Gasteiger partial charge < -0.3 is 5.73 Å². The molecule has 13 heavy (non-hydrogen) atoms. The molecule has 0 bridgehead atoms. The van der Waals surface area contributed by atoms with Crippen LogP contribution in [0.2, 0.25) is 0 Å². The summed E-state index contributed by atoms with van der Waals surface area (Å²) in [5, 5.41) is 0. The highest BCUT2D eigenvalue weighted by Crippen LogP contribution is 2.10. The molecule has 2 N–H and O–H groups in total. The highest BCUT2D eigenvalue weighted by Gasteiger charge is 2.08. The predicted octanol–water partition coefficient (Wildman–Crippen LogP) is 0.944. The van der Waals surface area contributed by atoms with Crippen LogP contribution in [0.15, 0.2) is 18.2 Å². The zero-order valence-electron chi connectivity index (χ0n) is 6.76. The van der Waals surface area contributed by atoms with E-state index < -0.39 is 17.7 Å². The third kappa shape index (κ3) is 2.59. The first-order valence-electron chi connectivity index (χ1n) is 3.70. The Morgan fingerprint density at radius 2 is 2.15 bits per heavy atom. The second kappa shape index (κ2) is 4.09. The first-order chi connectivity index (χ1) is 6.13.